The Hall–Kier alpha value is -0.550. The fourth-order valence-electron chi connectivity index (χ4n) is 2.89. The largest absolute Gasteiger partial charge is 0.330 e. The lowest BCUT2D eigenvalue weighted by Gasteiger charge is -2.34. The average molecular weight is 268 g/mol. The van der Waals surface area contributed by atoms with E-state index >= 15 is 0 Å². The Kier molecular flexibility index (Phi) is 5.06. The first-order chi connectivity index (χ1) is 8.74. The Morgan fingerprint density at radius 2 is 2.33 bits per heavy atom. The van der Waals surface area contributed by atoms with Crippen molar-refractivity contribution in [3.63, 3.8) is 0 Å². The van der Waals surface area contributed by atoms with E-state index in [1.54, 1.807) is 6.33 Å². The van der Waals surface area contributed by atoms with E-state index < -0.39 is 0 Å². The van der Waals surface area contributed by atoms with E-state index in [2.05, 4.69) is 17.0 Å². The van der Waals surface area contributed by atoms with E-state index in [-0.39, 0.29) is 0 Å². The van der Waals surface area contributed by atoms with Gasteiger partial charge in [-0.15, -0.1) is 0 Å². The summed E-state index contributed by atoms with van der Waals surface area (Å²) in [5, 5.41) is 5.78. The molecule has 0 amide bonds. The molecular weight excluding hydrogens is 244 g/mol. The Labute approximate surface area is 114 Å². The zero-order chi connectivity index (χ0) is 13.0. The molecule has 2 rings (SSSR count). The number of aromatic nitrogens is 3. The second kappa shape index (κ2) is 6.57. The van der Waals surface area contributed by atoms with Gasteiger partial charge in [-0.25, -0.2) is 9.67 Å². The fraction of sp³-hybridized carbons (Fsp3) is 0.846. The third kappa shape index (κ3) is 3.26. The van der Waals surface area contributed by atoms with Crippen molar-refractivity contribution in [2.75, 3.05) is 6.54 Å². The summed E-state index contributed by atoms with van der Waals surface area (Å²) in [6.07, 6.45) is 8.19. The lowest BCUT2D eigenvalue weighted by Crippen LogP contribution is -2.32. The zero-order valence-electron chi connectivity index (χ0n) is 11.4. The highest BCUT2D eigenvalue weighted by atomic mass is 32.2. The van der Waals surface area contributed by atoms with E-state index in [4.69, 9.17) is 5.73 Å². The molecule has 5 heteroatoms. The number of aryl methyl sites for hydroxylation is 1. The number of rotatable bonds is 5. The molecule has 3 atom stereocenters. The van der Waals surface area contributed by atoms with Gasteiger partial charge in [0.15, 0.2) is 5.16 Å². The van der Waals surface area contributed by atoms with Crippen molar-refractivity contribution in [3.8, 4) is 0 Å². The molecule has 1 aliphatic rings. The van der Waals surface area contributed by atoms with Gasteiger partial charge in [0.2, 0.25) is 0 Å². The molecule has 0 aliphatic heterocycles. The van der Waals surface area contributed by atoms with E-state index in [1.165, 1.54) is 32.1 Å². The molecule has 1 fully saturated rings. The van der Waals surface area contributed by atoms with Crippen LogP contribution in [0.3, 0.4) is 0 Å². The lowest BCUT2D eigenvalue weighted by molar-refractivity contribution is 0.275. The smallest absolute Gasteiger partial charge is 0.186 e. The molecule has 0 saturated heterocycles. The van der Waals surface area contributed by atoms with Crippen LogP contribution in [0.5, 0.6) is 0 Å². The minimum Gasteiger partial charge on any atom is -0.330 e. The van der Waals surface area contributed by atoms with Gasteiger partial charge >= 0.3 is 0 Å². The van der Waals surface area contributed by atoms with Crippen molar-refractivity contribution < 1.29 is 0 Å². The Balaban J connectivity index is 2.00. The molecule has 1 saturated carbocycles. The molecule has 1 aliphatic carbocycles. The summed E-state index contributed by atoms with van der Waals surface area (Å²) in [7, 11) is 1.96. The summed E-state index contributed by atoms with van der Waals surface area (Å²) in [5.74, 6) is 1.52. The molecule has 1 aromatic heterocycles. The predicted octanol–water partition coefficient (Wildman–Crippen LogP) is 2.45. The van der Waals surface area contributed by atoms with Crippen LogP contribution in [-0.2, 0) is 7.05 Å². The van der Waals surface area contributed by atoms with Crippen molar-refractivity contribution in [1.82, 2.24) is 14.8 Å². The Bertz CT molecular complexity index is 366. The molecule has 18 heavy (non-hydrogen) atoms. The van der Waals surface area contributed by atoms with E-state index in [0.29, 0.717) is 11.2 Å². The van der Waals surface area contributed by atoms with Gasteiger partial charge in [0.05, 0.1) is 0 Å². The molecule has 1 aromatic rings. The van der Waals surface area contributed by atoms with E-state index in [1.807, 2.05) is 23.5 Å². The third-order valence-electron chi connectivity index (χ3n) is 3.96. The van der Waals surface area contributed by atoms with Crippen molar-refractivity contribution in [2.45, 2.75) is 49.4 Å². The van der Waals surface area contributed by atoms with Crippen LogP contribution in [0.1, 0.15) is 39.0 Å². The molecule has 1 heterocycles. The number of nitrogens with two attached hydrogens (primary N) is 1. The van der Waals surface area contributed by atoms with Crippen molar-refractivity contribution >= 4 is 11.8 Å². The molecule has 0 aromatic carbocycles. The van der Waals surface area contributed by atoms with Gasteiger partial charge in [-0.05, 0) is 31.2 Å². The quantitative estimate of drug-likeness (QED) is 0.891. The number of nitrogens with zero attached hydrogens (tertiary/aromatic N) is 3. The van der Waals surface area contributed by atoms with Crippen molar-refractivity contribution in [3.05, 3.63) is 6.33 Å². The summed E-state index contributed by atoms with van der Waals surface area (Å²) in [4.78, 5) is 4.32. The summed E-state index contributed by atoms with van der Waals surface area (Å²) in [6, 6.07) is 0. The van der Waals surface area contributed by atoms with Crippen LogP contribution in [0.15, 0.2) is 11.5 Å². The third-order valence-corrected chi connectivity index (χ3v) is 5.42. The molecule has 2 N–H and O–H groups in total. The second-order valence-corrected chi connectivity index (χ2v) is 6.49. The summed E-state index contributed by atoms with van der Waals surface area (Å²) in [5.41, 5.74) is 5.92. The first kappa shape index (κ1) is 13.9. The summed E-state index contributed by atoms with van der Waals surface area (Å²) < 4.78 is 1.86. The first-order valence-corrected chi connectivity index (χ1v) is 7.83. The number of hydrogen-bond donors (Lipinski definition) is 1. The first-order valence-electron chi connectivity index (χ1n) is 6.95. The Morgan fingerprint density at radius 3 is 2.94 bits per heavy atom. The van der Waals surface area contributed by atoms with Crippen LogP contribution in [0, 0.1) is 11.8 Å². The SMILES string of the molecule is CCCC1CCC(CN)C(Sc2ncnn2C)C1. The maximum Gasteiger partial charge on any atom is 0.186 e. The topological polar surface area (TPSA) is 56.7 Å². The molecule has 0 bridgehead atoms. The normalized spacial score (nSPS) is 28.5. The lowest BCUT2D eigenvalue weighted by atomic mass is 9.80. The maximum atomic E-state index is 5.92. The van der Waals surface area contributed by atoms with Gasteiger partial charge in [0.25, 0.3) is 0 Å². The average Bonchev–Trinajstić information content (AvgIpc) is 2.76. The van der Waals surface area contributed by atoms with Crippen LogP contribution in [0.4, 0.5) is 0 Å². The number of hydrogen-bond acceptors (Lipinski definition) is 4. The van der Waals surface area contributed by atoms with Gasteiger partial charge in [0, 0.05) is 12.3 Å². The monoisotopic (exact) mass is 268 g/mol. The van der Waals surface area contributed by atoms with E-state index in [9.17, 15) is 0 Å². The minimum absolute atomic E-state index is 0.614. The number of thioether (sulfide) groups is 1. The van der Waals surface area contributed by atoms with Gasteiger partial charge in [-0.2, -0.15) is 5.10 Å². The van der Waals surface area contributed by atoms with E-state index in [0.717, 1.165) is 17.6 Å². The molecule has 0 radical (unpaired) electrons. The van der Waals surface area contributed by atoms with Crippen LogP contribution in [0.25, 0.3) is 0 Å². The van der Waals surface area contributed by atoms with Crippen LogP contribution in [0.2, 0.25) is 0 Å². The molecule has 4 nitrogen and oxygen atoms in total. The van der Waals surface area contributed by atoms with Crippen LogP contribution in [-0.4, -0.2) is 26.6 Å². The molecule has 102 valence electrons. The molecule has 3 unspecified atom stereocenters. The highest BCUT2D eigenvalue weighted by Crippen LogP contribution is 2.40. The summed E-state index contributed by atoms with van der Waals surface area (Å²) >= 11 is 1.87. The fourth-order valence-corrected chi connectivity index (χ4v) is 4.27. The highest BCUT2D eigenvalue weighted by Gasteiger charge is 2.30. The standard InChI is InChI=1S/C13H24N4S/c1-3-4-10-5-6-11(8-14)12(7-10)18-13-15-9-16-17(13)2/h9-12H,3-8,14H2,1-2H3. The van der Waals surface area contributed by atoms with Crippen LogP contribution < -0.4 is 5.73 Å². The highest BCUT2D eigenvalue weighted by molar-refractivity contribution is 7.99. The van der Waals surface area contributed by atoms with Crippen molar-refractivity contribution in [1.29, 1.82) is 0 Å². The van der Waals surface area contributed by atoms with Gasteiger partial charge in [-0.1, -0.05) is 37.9 Å². The van der Waals surface area contributed by atoms with Gasteiger partial charge < -0.3 is 5.73 Å². The van der Waals surface area contributed by atoms with Crippen molar-refractivity contribution in [2.24, 2.45) is 24.6 Å². The zero-order valence-corrected chi connectivity index (χ0v) is 12.2. The molecular formula is C13H24N4S. The second-order valence-electron chi connectivity index (χ2n) is 5.29. The molecule has 0 spiro atoms. The maximum absolute atomic E-state index is 5.92. The predicted molar refractivity (Wildman–Crippen MR) is 75.4 cm³/mol. The summed E-state index contributed by atoms with van der Waals surface area (Å²) in [6.45, 7) is 3.08. The van der Waals surface area contributed by atoms with Gasteiger partial charge in [-0.3, -0.25) is 0 Å². The Morgan fingerprint density at radius 1 is 1.50 bits per heavy atom. The minimum atomic E-state index is 0.614. The van der Waals surface area contributed by atoms with Crippen LogP contribution >= 0.6 is 11.8 Å². The van der Waals surface area contributed by atoms with Gasteiger partial charge in [0.1, 0.15) is 6.33 Å².